The molecule has 0 saturated heterocycles. The zero-order valence-electron chi connectivity index (χ0n) is 14.6. The highest BCUT2D eigenvalue weighted by Crippen LogP contribution is 2.21. The zero-order chi connectivity index (χ0) is 18.5. The molecular formula is C20H19FN2O2S. The Bertz CT molecular complexity index is 924. The van der Waals surface area contributed by atoms with Gasteiger partial charge in [-0.2, -0.15) is 0 Å². The minimum absolute atomic E-state index is 0.164. The first-order valence-electron chi connectivity index (χ1n) is 8.30. The number of carbonyl (C=O) groups excluding carboxylic acids is 1. The van der Waals surface area contributed by atoms with Crippen molar-refractivity contribution in [3.8, 4) is 5.75 Å². The fourth-order valence-electron chi connectivity index (χ4n) is 2.46. The highest BCUT2D eigenvalue weighted by Gasteiger charge is 2.15. The van der Waals surface area contributed by atoms with Crippen LogP contribution in [0.15, 0.2) is 48.5 Å². The van der Waals surface area contributed by atoms with Crippen LogP contribution in [-0.4, -0.2) is 10.9 Å². The number of nitrogens with zero attached hydrogens (tertiary/aromatic N) is 1. The third kappa shape index (κ3) is 4.46. The molecule has 3 rings (SSSR count). The summed E-state index contributed by atoms with van der Waals surface area (Å²) >= 11 is 1.42. The van der Waals surface area contributed by atoms with Gasteiger partial charge in [-0.05, 0) is 43.2 Å². The normalized spacial score (nSPS) is 10.6. The number of hydrogen-bond acceptors (Lipinski definition) is 4. The minimum Gasteiger partial charge on any atom is -0.489 e. The van der Waals surface area contributed by atoms with Crippen LogP contribution >= 0.6 is 11.3 Å². The molecule has 1 heterocycles. The molecule has 0 aliphatic heterocycles. The Morgan fingerprint density at radius 2 is 2.04 bits per heavy atom. The van der Waals surface area contributed by atoms with Gasteiger partial charge in [0.25, 0.3) is 5.91 Å². The minimum atomic E-state index is -0.338. The summed E-state index contributed by atoms with van der Waals surface area (Å²) in [7, 11) is 0. The molecule has 0 unspecified atom stereocenters. The Morgan fingerprint density at radius 1 is 1.23 bits per heavy atom. The van der Waals surface area contributed by atoms with Gasteiger partial charge in [-0.3, -0.25) is 4.79 Å². The summed E-state index contributed by atoms with van der Waals surface area (Å²) < 4.78 is 18.8. The van der Waals surface area contributed by atoms with Gasteiger partial charge >= 0.3 is 0 Å². The van der Waals surface area contributed by atoms with Gasteiger partial charge in [0.15, 0.2) is 0 Å². The van der Waals surface area contributed by atoms with E-state index >= 15 is 0 Å². The van der Waals surface area contributed by atoms with Crippen molar-refractivity contribution in [3.05, 3.63) is 75.5 Å². The van der Waals surface area contributed by atoms with Gasteiger partial charge in [-0.25, -0.2) is 9.37 Å². The average molecular weight is 370 g/mol. The molecule has 2 aromatic carbocycles. The molecule has 3 aromatic rings. The van der Waals surface area contributed by atoms with E-state index in [0.29, 0.717) is 16.3 Å². The van der Waals surface area contributed by atoms with E-state index in [0.717, 1.165) is 22.7 Å². The molecule has 0 aliphatic rings. The van der Waals surface area contributed by atoms with E-state index < -0.39 is 0 Å². The standard InChI is InChI=1S/C20H19FN2O2S/c1-3-18-22-13(2)19(26-18)20(24)23-16-8-4-6-14(10-16)12-25-17-9-5-7-15(21)11-17/h4-11H,3,12H2,1-2H3,(H,23,24). The summed E-state index contributed by atoms with van der Waals surface area (Å²) in [4.78, 5) is 17.5. The second kappa shape index (κ2) is 8.10. The van der Waals surface area contributed by atoms with Crippen LogP contribution in [0.5, 0.6) is 5.75 Å². The summed E-state index contributed by atoms with van der Waals surface area (Å²) in [6.07, 6.45) is 0.811. The van der Waals surface area contributed by atoms with Crippen molar-refractivity contribution in [3.63, 3.8) is 0 Å². The van der Waals surface area contributed by atoms with Crippen molar-refractivity contribution in [2.75, 3.05) is 5.32 Å². The van der Waals surface area contributed by atoms with Crippen LogP contribution in [0.1, 0.15) is 32.9 Å². The maximum absolute atomic E-state index is 13.2. The van der Waals surface area contributed by atoms with Crippen molar-refractivity contribution in [1.29, 1.82) is 0 Å². The van der Waals surface area contributed by atoms with Gasteiger partial charge in [0.05, 0.1) is 10.7 Å². The predicted molar refractivity (Wildman–Crippen MR) is 101 cm³/mol. The number of anilines is 1. The molecule has 0 fully saturated rings. The molecule has 0 bridgehead atoms. The van der Waals surface area contributed by atoms with Crippen molar-refractivity contribution in [2.45, 2.75) is 26.9 Å². The quantitative estimate of drug-likeness (QED) is 0.665. The van der Waals surface area contributed by atoms with E-state index in [2.05, 4.69) is 10.3 Å². The van der Waals surface area contributed by atoms with Crippen LogP contribution in [0.25, 0.3) is 0 Å². The summed E-state index contributed by atoms with van der Waals surface area (Å²) in [5.41, 5.74) is 2.30. The molecule has 1 amide bonds. The molecule has 4 nitrogen and oxygen atoms in total. The first-order chi connectivity index (χ1) is 12.5. The predicted octanol–water partition coefficient (Wildman–Crippen LogP) is 4.98. The van der Waals surface area contributed by atoms with E-state index in [-0.39, 0.29) is 18.3 Å². The van der Waals surface area contributed by atoms with Crippen LogP contribution in [0.3, 0.4) is 0 Å². The molecule has 0 aliphatic carbocycles. The lowest BCUT2D eigenvalue weighted by molar-refractivity contribution is 0.103. The molecule has 26 heavy (non-hydrogen) atoms. The van der Waals surface area contributed by atoms with Gasteiger partial charge in [-0.15, -0.1) is 11.3 Å². The van der Waals surface area contributed by atoms with Crippen LogP contribution < -0.4 is 10.1 Å². The molecule has 0 saturated carbocycles. The Kier molecular flexibility index (Phi) is 5.63. The summed E-state index contributed by atoms with van der Waals surface area (Å²) in [6.45, 7) is 4.14. The van der Waals surface area contributed by atoms with Crippen molar-refractivity contribution >= 4 is 22.9 Å². The number of rotatable bonds is 6. The van der Waals surface area contributed by atoms with Crippen LogP contribution in [-0.2, 0) is 13.0 Å². The highest BCUT2D eigenvalue weighted by molar-refractivity contribution is 7.13. The fourth-order valence-corrected chi connectivity index (χ4v) is 3.36. The second-order valence-corrected chi connectivity index (χ2v) is 6.86. The Hall–Kier alpha value is -2.73. The number of aromatic nitrogens is 1. The number of halogens is 1. The van der Waals surface area contributed by atoms with E-state index in [1.165, 1.54) is 23.5 Å². The van der Waals surface area contributed by atoms with Gasteiger partial charge in [0.2, 0.25) is 0 Å². The molecule has 1 aromatic heterocycles. The molecule has 6 heteroatoms. The summed E-state index contributed by atoms with van der Waals surface area (Å²) in [6, 6.07) is 13.4. The number of benzene rings is 2. The van der Waals surface area contributed by atoms with Crippen LogP contribution in [0.2, 0.25) is 0 Å². The first kappa shape index (κ1) is 18.1. The van der Waals surface area contributed by atoms with Crippen molar-refractivity contribution < 1.29 is 13.9 Å². The maximum Gasteiger partial charge on any atom is 0.267 e. The topological polar surface area (TPSA) is 51.2 Å². The second-order valence-electron chi connectivity index (χ2n) is 5.78. The fraction of sp³-hybridized carbons (Fsp3) is 0.200. The van der Waals surface area contributed by atoms with Gasteiger partial charge < -0.3 is 10.1 Å². The van der Waals surface area contributed by atoms with Crippen LogP contribution in [0, 0.1) is 12.7 Å². The number of hydrogen-bond donors (Lipinski definition) is 1. The van der Waals surface area contributed by atoms with E-state index in [1.54, 1.807) is 12.1 Å². The van der Waals surface area contributed by atoms with Gasteiger partial charge in [-0.1, -0.05) is 25.1 Å². The number of ether oxygens (including phenoxy) is 1. The lowest BCUT2D eigenvalue weighted by Gasteiger charge is -2.09. The third-order valence-electron chi connectivity index (χ3n) is 3.74. The van der Waals surface area contributed by atoms with Crippen molar-refractivity contribution in [1.82, 2.24) is 4.98 Å². The van der Waals surface area contributed by atoms with E-state index in [1.807, 2.05) is 38.1 Å². The maximum atomic E-state index is 13.2. The molecule has 134 valence electrons. The number of aryl methyl sites for hydroxylation is 2. The van der Waals surface area contributed by atoms with Crippen molar-refractivity contribution in [2.24, 2.45) is 0 Å². The van der Waals surface area contributed by atoms with Gasteiger partial charge in [0.1, 0.15) is 23.1 Å². The Morgan fingerprint density at radius 3 is 2.77 bits per heavy atom. The zero-order valence-corrected chi connectivity index (χ0v) is 15.4. The van der Waals surface area contributed by atoms with E-state index in [4.69, 9.17) is 4.74 Å². The monoisotopic (exact) mass is 370 g/mol. The molecule has 0 spiro atoms. The van der Waals surface area contributed by atoms with Crippen LogP contribution in [0.4, 0.5) is 10.1 Å². The smallest absolute Gasteiger partial charge is 0.267 e. The lowest BCUT2D eigenvalue weighted by Crippen LogP contribution is -2.11. The molecule has 0 radical (unpaired) electrons. The number of thiazole rings is 1. The Balaban J connectivity index is 1.67. The van der Waals surface area contributed by atoms with Gasteiger partial charge in [0, 0.05) is 11.8 Å². The third-order valence-corrected chi connectivity index (χ3v) is 5.04. The largest absolute Gasteiger partial charge is 0.489 e. The number of amides is 1. The molecule has 0 atom stereocenters. The first-order valence-corrected chi connectivity index (χ1v) is 9.11. The Labute approximate surface area is 155 Å². The van der Waals surface area contributed by atoms with E-state index in [9.17, 15) is 9.18 Å². The SMILES string of the molecule is CCc1nc(C)c(C(=O)Nc2cccc(COc3cccc(F)c3)c2)s1. The number of carbonyl (C=O) groups is 1. The summed E-state index contributed by atoms with van der Waals surface area (Å²) in [5.74, 6) is -0.0374. The molecular weight excluding hydrogens is 351 g/mol. The highest BCUT2D eigenvalue weighted by atomic mass is 32.1. The average Bonchev–Trinajstić information content (AvgIpc) is 3.01. The lowest BCUT2D eigenvalue weighted by atomic mass is 10.2. The number of nitrogens with one attached hydrogen (secondary N) is 1. The summed E-state index contributed by atoms with van der Waals surface area (Å²) in [5, 5.41) is 3.85. The molecule has 1 N–H and O–H groups in total.